The predicted molar refractivity (Wildman–Crippen MR) is 110 cm³/mol. The van der Waals surface area contributed by atoms with Crippen molar-refractivity contribution in [2.45, 2.75) is 39.0 Å². The van der Waals surface area contributed by atoms with Crippen LogP contribution in [-0.2, 0) is 26.2 Å². The Kier molecular flexibility index (Phi) is 7.53. The minimum atomic E-state index is -0.666. The SMILES string of the molecule is COc1ccccc1CCC(=O)OCC(=O)NC(=O)c1ccc(C(C)(C)C)cc1. The molecule has 0 spiro atoms. The van der Waals surface area contributed by atoms with E-state index in [0.29, 0.717) is 17.7 Å². The van der Waals surface area contributed by atoms with Crippen LogP contribution < -0.4 is 10.1 Å². The molecule has 0 fully saturated rings. The van der Waals surface area contributed by atoms with Crippen LogP contribution in [-0.4, -0.2) is 31.5 Å². The molecule has 2 rings (SSSR count). The highest BCUT2D eigenvalue weighted by Crippen LogP contribution is 2.22. The number of para-hydroxylation sites is 1. The van der Waals surface area contributed by atoms with E-state index in [9.17, 15) is 14.4 Å². The van der Waals surface area contributed by atoms with Crippen LogP contribution in [0.25, 0.3) is 0 Å². The van der Waals surface area contributed by atoms with E-state index < -0.39 is 24.4 Å². The minimum Gasteiger partial charge on any atom is -0.496 e. The number of carbonyl (C=O) groups is 3. The van der Waals surface area contributed by atoms with Gasteiger partial charge >= 0.3 is 5.97 Å². The van der Waals surface area contributed by atoms with Gasteiger partial charge in [-0.1, -0.05) is 51.1 Å². The fraction of sp³-hybridized carbons (Fsp3) is 0.348. The van der Waals surface area contributed by atoms with Gasteiger partial charge in [-0.15, -0.1) is 0 Å². The molecule has 0 aliphatic heterocycles. The molecule has 0 aliphatic carbocycles. The van der Waals surface area contributed by atoms with Crippen molar-refractivity contribution >= 4 is 17.8 Å². The lowest BCUT2D eigenvalue weighted by Gasteiger charge is -2.19. The number of aryl methyl sites for hydroxylation is 1. The molecule has 0 unspecified atom stereocenters. The largest absolute Gasteiger partial charge is 0.496 e. The summed E-state index contributed by atoms with van der Waals surface area (Å²) in [4.78, 5) is 35.9. The van der Waals surface area contributed by atoms with Gasteiger partial charge in [-0.25, -0.2) is 0 Å². The van der Waals surface area contributed by atoms with Gasteiger partial charge in [0.2, 0.25) is 0 Å². The lowest BCUT2D eigenvalue weighted by molar-refractivity contribution is -0.148. The van der Waals surface area contributed by atoms with E-state index in [-0.39, 0.29) is 11.8 Å². The summed E-state index contributed by atoms with van der Waals surface area (Å²) >= 11 is 0. The Hall–Kier alpha value is -3.15. The zero-order valence-electron chi connectivity index (χ0n) is 17.3. The van der Waals surface area contributed by atoms with Crippen molar-refractivity contribution in [1.82, 2.24) is 5.32 Å². The lowest BCUT2D eigenvalue weighted by atomic mass is 9.87. The number of hydrogen-bond acceptors (Lipinski definition) is 5. The molecule has 0 saturated carbocycles. The average molecular weight is 397 g/mol. The molecule has 2 aromatic carbocycles. The molecular weight excluding hydrogens is 370 g/mol. The molecule has 0 bridgehead atoms. The van der Waals surface area contributed by atoms with E-state index in [1.54, 1.807) is 19.2 Å². The molecule has 6 heteroatoms. The Morgan fingerprint density at radius 1 is 0.966 bits per heavy atom. The van der Waals surface area contributed by atoms with Crippen LogP contribution in [0.2, 0.25) is 0 Å². The third kappa shape index (κ3) is 6.75. The van der Waals surface area contributed by atoms with Crippen molar-refractivity contribution < 1.29 is 23.9 Å². The zero-order valence-corrected chi connectivity index (χ0v) is 17.3. The maximum absolute atomic E-state index is 12.2. The monoisotopic (exact) mass is 397 g/mol. The van der Waals surface area contributed by atoms with Gasteiger partial charge in [-0.3, -0.25) is 19.7 Å². The zero-order chi connectivity index (χ0) is 21.4. The second-order valence-electron chi connectivity index (χ2n) is 7.68. The number of methoxy groups -OCH3 is 1. The summed E-state index contributed by atoms with van der Waals surface area (Å²) in [6.07, 6.45) is 0.541. The van der Waals surface area contributed by atoms with Gasteiger partial charge in [0.25, 0.3) is 11.8 Å². The van der Waals surface area contributed by atoms with E-state index in [2.05, 4.69) is 26.1 Å². The number of hydrogen-bond donors (Lipinski definition) is 1. The summed E-state index contributed by atoms with van der Waals surface area (Å²) in [7, 11) is 1.56. The third-order valence-electron chi connectivity index (χ3n) is 4.42. The highest BCUT2D eigenvalue weighted by Gasteiger charge is 2.16. The maximum atomic E-state index is 12.2. The van der Waals surface area contributed by atoms with Gasteiger partial charge in [0, 0.05) is 12.0 Å². The van der Waals surface area contributed by atoms with E-state index >= 15 is 0 Å². The Bertz CT molecular complexity index is 866. The van der Waals surface area contributed by atoms with Gasteiger partial charge in [0.05, 0.1) is 7.11 Å². The molecule has 0 saturated heterocycles. The predicted octanol–water partition coefficient (Wildman–Crippen LogP) is 3.43. The molecule has 0 heterocycles. The van der Waals surface area contributed by atoms with Crippen LogP contribution in [0.15, 0.2) is 48.5 Å². The summed E-state index contributed by atoms with van der Waals surface area (Å²) in [5.41, 5.74) is 2.31. The van der Waals surface area contributed by atoms with Crippen molar-refractivity contribution in [3.8, 4) is 5.75 Å². The minimum absolute atomic E-state index is 0.0250. The first kappa shape index (κ1) is 22.1. The fourth-order valence-corrected chi connectivity index (χ4v) is 2.72. The summed E-state index contributed by atoms with van der Waals surface area (Å²) in [5, 5.41) is 2.23. The van der Waals surface area contributed by atoms with Gasteiger partial charge in [-0.2, -0.15) is 0 Å². The third-order valence-corrected chi connectivity index (χ3v) is 4.42. The Balaban J connectivity index is 1.78. The van der Waals surface area contributed by atoms with Crippen LogP contribution in [0.4, 0.5) is 0 Å². The van der Waals surface area contributed by atoms with Gasteiger partial charge in [0.15, 0.2) is 6.61 Å². The first-order valence-corrected chi connectivity index (χ1v) is 9.43. The van der Waals surface area contributed by atoms with Crippen LogP contribution in [0, 0.1) is 0 Å². The second kappa shape index (κ2) is 9.87. The molecule has 6 nitrogen and oxygen atoms in total. The molecule has 2 aromatic rings. The standard InChI is InChI=1S/C23H27NO5/c1-23(2,3)18-12-9-17(10-13-18)22(27)24-20(25)15-29-21(26)14-11-16-7-5-6-8-19(16)28-4/h5-10,12-13H,11,14-15H2,1-4H3,(H,24,25,27). The van der Waals surface area contributed by atoms with E-state index in [0.717, 1.165) is 11.1 Å². The second-order valence-corrected chi connectivity index (χ2v) is 7.68. The fourth-order valence-electron chi connectivity index (χ4n) is 2.72. The van der Waals surface area contributed by atoms with Crippen molar-refractivity contribution in [3.05, 3.63) is 65.2 Å². The topological polar surface area (TPSA) is 81.7 Å². The van der Waals surface area contributed by atoms with Crippen LogP contribution >= 0.6 is 0 Å². The smallest absolute Gasteiger partial charge is 0.306 e. The van der Waals surface area contributed by atoms with E-state index in [4.69, 9.17) is 9.47 Å². The Morgan fingerprint density at radius 2 is 1.62 bits per heavy atom. The van der Waals surface area contributed by atoms with Crippen molar-refractivity contribution in [2.24, 2.45) is 0 Å². The highest BCUT2D eigenvalue weighted by atomic mass is 16.5. The molecular formula is C23H27NO5. The molecule has 29 heavy (non-hydrogen) atoms. The number of amides is 2. The number of rotatable bonds is 7. The molecule has 0 aliphatic rings. The van der Waals surface area contributed by atoms with Gasteiger partial charge in [0.1, 0.15) is 5.75 Å². The number of ether oxygens (including phenoxy) is 2. The molecule has 1 N–H and O–H groups in total. The molecule has 154 valence electrons. The van der Waals surface area contributed by atoms with Crippen LogP contribution in [0.3, 0.4) is 0 Å². The van der Waals surface area contributed by atoms with Crippen molar-refractivity contribution in [3.63, 3.8) is 0 Å². The maximum Gasteiger partial charge on any atom is 0.306 e. The average Bonchev–Trinajstić information content (AvgIpc) is 2.70. The lowest BCUT2D eigenvalue weighted by Crippen LogP contribution is -2.34. The molecule has 0 atom stereocenters. The molecule has 0 radical (unpaired) electrons. The van der Waals surface area contributed by atoms with Crippen LogP contribution in [0.5, 0.6) is 5.75 Å². The van der Waals surface area contributed by atoms with Gasteiger partial charge in [-0.05, 0) is 41.2 Å². The summed E-state index contributed by atoms with van der Waals surface area (Å²) in [6, 6.07) is 14.4. The van der Waals surface area contributed by atoms with Gasteiger partial charge < -0.3 is 9.47 Å². The molecule has 0 aromatic heterocycles. The first-order chi connectivity index (χ1) is 13.7. The molecule has 2 amide bonds. The van der Waals surface area contributed by atoms with Crippen molar-refractivity contribution in [2.75, 3.05) is 13.7 Å². The number of nitrogens with one attached hydrogen (secondary N) is 1. The number of imide groups is 1. The van der Waals surface area contributed by atoms with Crippen molar-refractivity contribution in [1.29, 1.82) is 0 Å². The number of benzene rings is 2. The normalized spacial score (nSPS) is 10.9. The summed E-state index contributed by atoms with van der Waals surface area (Å²) in [6.45, 7) is 5.73. The number of esters is 1. The van der Waals surface area contributed by atoms with Crippen LogP contribution in [0.1, 0.15) is 48.7 Å². The summed E-state index contributed by atoms with van der Waals surface area (Å²) in [5.74, 6) is -1.02. The van der Waals surface area contributed by atoms with E-state index in [1.165, 1.54) is 0 Å². The quantitative estimate of drug-likeness (QED) is 0.724. The highest BCUT2D eigenvalue weighted by molar-refractivity contribution is 6.05. The Labute approximate surface area is 171 Å². The summed E-state index contributed by atoms with van der Waals surface area (Å²) < 4.78 is 10.2. The van der Waals surface area contributed by atoms with E-state index in [1.807, 2.05) is 36.4 Å². The Morgan fingerprint density at radius 3 is 2.24 bits per heavy atom. The number of carbonyl (C=O) groups excluding carboxylic acids is 3. The first-order valence-electron chi connectivity index (χ1n) is 9.43.